The van der Waals surface area contributed by atoms with Crippen molar-refractivity contribution in [1.29, 1.82) is 0 Å². The van der Waals surface area contributed by atoms with E-state index in [4.69, 9.17) is 5.73 Å². The predicted octanol–water partition coefficient (Wildman–Crippen LogP) is 2.81. The highest BCUT2D eigenvalue weighted by atomic mass is 79.9. The van der Waals surface area contributed by atoms with Crippen LogP contribution < -0.4 is 10.6 Å². The van der Waals surface area contributed by atoms with Crippen molar-refractivity contribution in [2.24, 2.45) is 0 Å². The number of rotatable bonds is 3. The zero-order valence-corrected chi connectivity index (χ0v) is 13.5. The highest BCUT2D eigenvalue weighted by Gasteiger charge is 2.18. The van der Waals surface area contributed by atoms with Crippen LogP contribution in [0.1, 0.15) is 4.88 Å². The molecule has 2 N–H and O–H groups in total. The van der Waals surface area contributed by atoms with Gasteiger partial charge in [-0.15, -0.1) is 11.3 Å². The van der Waals surface area contributed by atoms with Gasteiger partial charge in [0.05, 0.1) is 11.9 Å². The standard InChI is InChI=1S/C14H17BrN4S/c15-12-3-8-20-13(12)10-18-4-6-19(7-5-18)11-1-2-14(16)17-9-11/h1-3,8-9H,4-7,10H2,(H2,16,17). The minimum absolute atomic E-state index is 0.579. The number of piperazine rings is 1. The summed E-state index contributed by atoms with van der Waals surface area (Å²) in [7, 11) is 0. The summed E-state index contributed by atoms with van der Waals surface area (Å²) in [4.78, 5) is 10.4. The number of nitrogens with two attached hydrogens (primary N) is 1. The van der Waals surface area contributed by atoms with Crippen molar-refractivity contribution in [3.05, 3.63) is 39.1 Å². The highest BCUT2D eigenvalue weighted by Crippen LogP contribution is 2.25. The maximum atomic E-state index is 5.63. The number of halogens is 1. The molecule has 0 amide bonds. The molecule has 0 aromatic carbocycles. The average molecular weight is 353 g/mol. The molecule has 1 aliphatic heterocycles. The first-order valence-electron chi connectivity index (χ1n) is 6.63. The molecule has 4 nitrogen and oxygen atoms in total. The first-order chi connectivity index (χ1) is 9.72. The van der Waals surface area contributed by atoms with Crippen molar-refractivity contribution < 1.29 is 0 Å². The summed E-state index contributed by atoms with van der Waals surface area (Å²) >= 11 is 5.42. The molecular formula is C14H17BrN4S. The zero-order chi connectivity index (χ0) is 13.9. The van der Waals surface area contributed by atoms with Gasteiger partial charge in [-0.1, -0.05) is 0 Å². The molecule has 1 saturated heterocycles. The van der Waals surface area contributed by atoms with Crippen molar-refractivity contribution in [2.45, 2.75) is 6.54 Å². The molecule has 6 heteroatoms. The normalized spacial score (nSPS) is 16.6. The number of nitrogen functional groups attached to an aromatic ring is 1. The van der Waals surface area contributed by atoms with E-state index < -0.39 is 0 Å². The lowest BCUT2D eigenvalue weighted by Crippen LogP contribution is -2.45. The average Bonchev–Trinajstić information content (AvgIpc) is 2.86. The Labute approximate surface area is 131 Å². The summed E-state index contributed by atoms with van der Waals surface area (Å²) in [5, 5.41) is 2.13. The Hall–Kier alpha value is -1.11. The first kappa shape index (κ1) is 13.9. The van der Waals surface area contributed by atoms with Gasteiger partial charge in [0.2, 0.25) is 0 Å². The lowest BCUT2D eigenvalue weighted by atomic mass is 10.2. The molecule has 2 aromatic heterocycles. The van der Waals surface area contributed by atoms with Gasteiger partial charge in [-0.3, -0.25) is 4.90 Å². The summed E-state index contributed by atoms with van der Waals surface area (Å²) in [5.74, 6) is 0.579. The van der Waals surface area contributed by atoms with Crippen molar-refractivity contribution in [3.63, 3.8) is 0 Å². The number of aromatic nitrogens is 1. The van der Waals surface area contributed by atoms with E-state index in [1.807, 2.05) is 29.7 Å². The van der Waals surface area contributed by atoms with Crippen molar-refractivity contribution >= 4 is 38.8 Å². The van der Waals surface area contributed by atoms with Crippen molar-refractivity contribution in [1.82, 2.24) is 9.88 Å². The largest absolute Gasteiger partial charge is 0.384 e. The van der Waals surface area contributed by atoms with Crippen LogP contribution in [-0.2, 0) is 6.54 Å². The van der Waals surface area contributed by atoms with Gasteiger partial charge < -0.3 is 10.6 Å². The number of anilines is 2. The van der Waals surface area contributed by atoms with Gasteiger partial charge in [-0.05, 0) is 39.5 Å². The molecule has 1 fully saturated rings. The van der Waals surface area contributed by atoms with Crippen LogP contribution >= 0.6 is 27.3 Å². The van der Waals surface area contributed by atoms with Crippen LogP contribution in [0.2, 0.25) is 0 Å². The summed E-state index contributed by atoms with van der Waals surface area (Å²) in [6, 6.07) is 6.04. The fourth-order valence-corrected chi connectivity index (χ4v) is 3.91. The lowest BCUT2D eigenvalue weighted by Gasteiger charge is -2.35. The Bertz CT molecular complexity index is 561. The summed E-state index contributed by atoms with van der Waals surface area (Å²) in [5.41, 5.74) is 6.79. The highest BCUT2D eigenvalue weighted by molar-refractivity contribution is 9.10. The van der Waals surface area contributed by atoms with Gasteiger partial charge in [-0.25, -0.2) is 4.98 Å². The Morgan fingerprint density at radius 3 is 2.60 bits per heavy atom. The van der Waals surface area contributed by atoms with Gasteiger partial charge in [-0.2, -0.15) is 0 Å². The van der Waals surface area contributed by atoms with Gasteiger partial charge in [0, 0.05) is 42.1 Å². The fourth-order valence-electron chi connectivity index (χ4n) is 2.39. The van der Waals surface area contributed by atoms with Crippen LogP contribution in [0.3, 0.4) is 0 Å². The number of nitrogens with zero attached hydrogens (tertiary/aromatic N) is 3. The summed E-state index contributed by atoms with van der Waals surface area (Å²) in [6.45, 7) is 5.26. The number of pyridine rings is 1. The predicted molar refractivity (Wildman–Crippen MR) is 88.2 cm³/mol. The Kier molecular flexibility index (Phi) is 4.24. The third kappa shape index (κ3) is 3.13. The molecule has 3 heterocycles. The van der Waals surface area contributed by atoms with Gasteiger partial charge in [0.15, 0.2) is 0 Å². The zero-order valence-electron chi connectivity index (χ0n) is 11.1. The van der Waals surface area contributed by atoms with E-state index in [0.29, 0.717) is 5.82 Å². The second kappa shape index (κ2) is 6.11. The van der Waals surface area contributed by atoms with E-state index >= 15 is 0 Å². The van der Waals surface area contributed by atoms with E-state index in [9.17, 15) is 0 Å². The number of thiophene rings is 1. The van der Waals surface area contributed by atoms with E-state index in [1.54, 1.807) is 0 Å². The van der Waals surface area contributed by atoms with Crippen molar-refractivity contribution in [3.8, 4) is 0 Å². The molecule has 0 saturated carbocycles. The Balaban J connectivity index is 1.57. The van der Waals surface area contributed by atoms with Gasteiger partial charge in [0.25, 0.3) is 0 Å². The molecule has 20 heavy (non-hydrogen) atoms. The molecule has 0 radical (unpaired) electrons. The molecule has 0 unspecified atom stereocenters. The molecule has 3 rings (SSSR count). The van der Waals surface area contributed by atoms with Crippen LogP contribution in [0.25, 0.3) is 0 Å². The monoisotopic (exact) mass is 352 g/mol. The van der Waals surface area contributed by atoms with E-state index in [1.165, 1.54) is 9.35 Å². The molecule has 0 aliphatic carbocycles. The second-order valence-corrected chi connectivity index (χ2v) is 6.75. The Morgan fingerprint density at radius 2 is 2.00 bits per heavy atom. The van der Waals surface area contributed by atoms with Crippen LogP contribution in [0.15, 0.2) is 34.2 Å². The molecule has 0 atom stereocenters. The minimum Gasteiger partial charge on any atom is -0.384 e. The molecule has 1 aliphatic rings. The first-order valence-corrected chi connectivity index (χ1v) is 8.30. The molecule has 0 spiro atoms. The third-order valence-corrected chi connectivity index (χ3v) is 5.48. The van der Waals surface area contributed by atoms with E-state index in [2.05, 4.69) is 42.2 Å². The fraction of sp³-hybridized carbons (Fsp3) is 0.357. The summed E-state index contributed by atoms with van der Waals surface area (Å²) < 4.78 is 1.23. The van der Waals surface area contributed by atoms with Gasteiger partial charge >= 0.3 is 0 Å². The smallest absolute Gasteiger partial charge is 0.123 e. The van der Waals surface area contributed by atoms with Gasteiger partial charge in [0.1, 0.15) is 5.82 Å². The molecule has 0 bridgehead atoms. The molecular weight excluding hydrogens is 336 g/mol. The van der Waals surface area contributed by atoms with Crippen LogP contribution in [0, 0.1) is 0 Å². The van der Waals surface area contributed by atoms with E-state index in [0.717, 1.165) is 38.4 Å². The topological polar surface area (TPSA) is 45.4 Å². The minimum atomic E-state index is 0.579. The molecule has 2 aromatic rings. The number of hydrogen-bond acceptors (Lipinski definition) is 5. The summed E-state index contributed by atoms with van der Waals surface area (Å²) in [6.07, 6.45) is 1.86. The van der Waals surface area contributed by atoms with Crippen molar-refractivity contribution in [2.75, 3.05) is 36.8 Å². The lowest BCUT2D eigenvalue weighted by molar-refractivity contribution is 0.251. The SMILES string of the molecule is Nc1ccc(N2CCN(Cc3sccc3Br)CC2)cn1. The van der Waals surface area contributed by atoms with E-state index in [-0.39, 0.29) is 0 Å². The van der Waals surface area contributed by atoms with Crippen LogP contribution in [-0.4, -0.2) is 36.1 Å². The maximum absolute atomic E-state index is 5.63. The quantitative estimate of drug-likeness (QED) is 0.922. The van der Waals surface area contributed by atoms with Crippen LogP contribution in [0.4, 0.5) is 11.5 Å². The van der Waals surface area contributed by atoms with Crippen LogP contribution in [0.5, 0.6) is 0 Å². The molecule has 106 valence electrons. The Morgan fingerprint density at radius 1 is 1.20 bits per heavy atom. The maximum Gasteiger partial charge on any atom is 0.123 e. The third-order valence-electron chi connectivity index (χ3n) is 3.57. The second-order valence-electron chi connectivity index (χ2n) is 4.90. The number of hydrogen-bond donors (Lipinski definition) is 1.